The average molecular weight is 559 g/mol. The van der Waals surface area contributed by atoms with E-state index < -0.39 is 24.2 Å². The minimum atomic E-state index is -2.01. The first-order valence-electron chi connectivity index (χ1n) is 14.8. The zero-order chi connectivity index (χ0) is 27.8. The number of ether oxygens (including phenoxy) is 1. The van der Waals surface area contributed by atoms with E-state index >= 15 is 0 Å². The second-order valence-electron chi connectivity index (χ2n) is 16.1. The molecule has 0 radical (unpaired) electrons. The van der Waals surface area contributed by atoms with Crippen LogP contribution in [0.1, 0.15) is 49.4 Å². The maximum Gasteiger partial charge on any atom is 0.0844 e. The summed E-state index contributed by atoms with van der Waals surface area (Å²) < 4.78 is 6.50. The fraction of sp³-hybridized carbons (Fsp3) is 0.529. The Morgan fingerprint density at radius 1 is 0.737 bits per heavy atom. The number of rotatable bonds is 7. The summed E-state index contributed by atoms with van der Waals surface area (Å²) in [6.45, 7) is 25.4. The summed E-state index contributed by atoms with van der Waals surface area (Å²) in [5, 5.41) is 0.385. The van der Waals surface area contributed by atoms with E-state index in [0.717, 1.165) is 6.61 Å². The largest absolute Gasteiger partial charge is 0.376 e. The summed E-state index contributed by atoms with van der Waals surface area (Å²) in [4.78, 5) is 0. The molecule has 0 amide bonds. The zero-order valence-electron chi connectivity index (χ0n) is 25.7. The molecule has 38 heavy (non-hydrogen) atoms. The Balaban J connectivity index is 1.68. The Bertz CT molecular complexity index is 1210. The van der Waals surface area contributed by atoms with Crippen molar-refractivity contribution >= 4 is 35.4 Å². The number of hydrogen-bond donors (Lipinski definition) is 0. The van der Waals surface area contributed by atoms with E-state index in [1.165, 1.54) is 24.6 Å². The van der Waals surface area contributed by atoms with Crippen LogP contribution in [0.2, 0.25) is 64.0 Å². The average Bonchev–Trinajstić information content (AvgIpc) is 3.27. The first-order valence-corrected chi connectivity index (χ1v) is 24.9. The van der Waals surface area contributed by atoms with Gasteiger partial charge in [0.25, 0.3) is 0 Å². The van der Waals surface area contributed by atoms with E-state index in [-0.39, 0.29) is 15.7 Å². The van der Waals surface area contributed by atoms with Crippen LogP contribution in [0.25, 0.3) is 11.1 Å². The lowest BCUT2D eigenvalue weighted by Gasteiger charge is -2.67. The van der Waals surface area contributed by atoms with E-state index in [2.05, 4.69) is 127 Å². The third-order valence-electron chi connectivity index (χ3n) is 9.45. The Morgan fingerprint density at radius 3 is 1.55 bits per heavy atom. The van der Waals surface area contributed by atoms with E-state index in [4.69, 9.17) is 4.74 Å². The third kappa shape index (κ3) is 4.53. The highest BCUT2D eigenvalue weighted by Gasteiger charge is 2.74. The quantitative estimate of drug-likeness (QED) is 0.307. The maximum atomic E-state index is 6.50. The minimum Gasteiger partial charge on any atom is -0.376 e. The molecule has 2 unspecified atom stereocenters. The molecule has 2 spiro atoms. The number of allylic oxidation sites excluding steroid dienone is 4. The van der Waals surface area contributed by atoms with Crippen LogP contribution >= 0.6 is 0 Å². The predicted molar refractivity (Wildman–Crippen MR) is 175 cm³/mol. The van der Waals surface area contributed by atoms with Crippen molar-refractivity contribution in [3.63, 3.8) is 0 Å². The topological polar surface area (TPSA) is 9.23 Å². The van der Waals surface area contributed by atoms with Gasteiger partial charge in [-0.1, -0.05) is 107 Å². The Labute approximate surface area is 235 Å². The molecule has 204 valence electrons. The zero-order valence-corrected chi connectivity index (χ0v) is 28.7. The van der Waals surface area contributed by atoms with Gasteiger partial charge in [-0.3, -0.25) is 0 Å². The molecule has 1 fully saturated rings. The van der Waals surface area contributed by atoms with Gasteiger partial charge in [0.2, 0.25) is 0 Å². The minimum absolute atomic E-state index is 0.104. The Kier molecular flexibility index (Phi) is 6.66. The molecule has 2 aliphatic carbocycles. The monoisotopic (exact) mass is 558 g/mol. The van der Waals surface area contributed by atoms with Gasteiger partial charge in [0.15, 0.2) is 0 Å². The fourth-order valence-electron chi connectivity index (χ4n) is 7.98. The first-order chi connectivity index (χ1) is 17.5. The van der Waals surface area contributed by atoms with Crippen LogP contribution in [-0.2, 0) is 14.8 Å². The third-order valence-corrected chi connectivity index (χ3v) is 18.7. The SMILES string of the molecule is CC(C)(C)OCC[Si]1(C)C2(C=C(C[Si](C)(C)C)c3ccccc32)CC12C=C(C[Si](C)(C)C)c1ccccc12. The van der Waals surface area contributed by atoms with Gasteiger partial charge in [-0.2, -0.15) is 0 Å². The van der Waals surface area contributed by atoms with Gasteiger partial charge in [0.1, 0.15) is 0 Å². The highest BCUT2D eigenvalue weighted by molar-refractivity contribution is 6.89. The summed E-state index contributed by atoms with van der Waals surface area (Å²) in [5.41, 5.74) is 9.55. The fourth-order valence-corrected chi connectivity index (χ4v) is 16.7. The molecule has 1 nitrogen and oxygen atoms in total. The highest BCUT2D eigenvalue weighted by Crippen LogP contribution is 2.71. The lowest BCUT2D eigenvalue weighted by atomic mass is 9.83. The van der Waals surface area contributed by atoms with Crippen molar-refractivity contribution in [3.8, 4) is 0 Å². The molecular formula is C34H50OSi3. The van der Waals surface area contributed by atoms with Gasteiger partial charge in [-0.25, -0.2) is 0 Å². The predicted octanol–water partition coefficient (Wildman–Crippen LogP) is 9.71. The Morgan fingerprint density at radius 2 is 1.16 bits per heavy atom. The highest BCUT2D eigenvalue weighted by atomic mass is 28.3. The van der Waals surface area contributed by atoms with E-state index in [1.807, 2.05) is 0 Å². The van der Waals surface area contributed by atoms with Crippen LogP contribution < -0.4 is 0 Å². The molecule has 1 aliphatic heterocycles. The van der Waals surface area contributed by atoms with Crippen molar-refractivity contribution in [2.24, 2.45) is 0 Å². The van der Waals surface area contributed by atoms with Gasteiger partial charge in [0, 0.05) is 32.8 Å². The first kappa shape index (κ1) is 28.1. The van der Waals surface area contributed by atoms with Crippen molar-refractivity contribution in [3.05, 3.63) is 82.9 Å². The van der Waals surface area contributed by atoms with Gasteiger partial charge < -0.3 is 4.74 Å². The molecule has 3 aliphatic rings. The summed E-state index contributed by atoms with van der Waals surface area (Å²) in [7, 11) is -4.53. The van der Waals surface area contributed by atoms with Crippen LogP contribution in [0, 0.1) is 0 Å². The maximum absolute atomic E-state index is 6.50. The lowest BCUT2D eigenvalue weighted by Crippen LogP contribution is -2.76. The molecule has 0 aromatic heterocycles. The lowest BCUT2D eigenvalue weighted by molar-refractivity contribution is 0.00395. The van der Waals surface area contributed by atoms with E-state index in [0.29, 0.717) is 0 Å². The van der Waals surface area contributed by atoms with Crippen molar-refractivity contribution < 1.29 is 4.74 Å². The van der Waals surface area contributed by atoms with Crippen LogP contribution in [0.15, 0.2) is 60.7 Å². The molecule has 2 aromatic rings. The van der Waals surface area contributed by atoms with Crippen LogP contribution in [0.3, 0.4) is 0 Å². The van der Waals surface area contributed by atoms with Crippen molar-refractivity contribution in [1.29, 1.82) is 0 Å². The molecule has 0 bridgehead atoms. The van der Waals surface area contributed by atoms with Gasteiger partial charge in [0.05, 0.1) is 13.7 Å². The van der Waals surface area contributed by atoms with Crippen molar-refractivity contribution in [2.75, 3.05) is 6.61 Å². The second kappa shape index (κ2) is 9.02. The van der Waals surface area contributed by atoms with Gasteiger partial charge in [-0.15, -0.1) is 0 Å². The molecule has 1 heterocycles. The van der Waals surface area contributed by atoms with Crippen LogP contribution in [-0.4, -0.2) is 36.4 Å². The van der Waals surface area contributed by atoms with Crippen LogP contribution in [0.5, 0.6) is 0 Å². The van der Waals surface area contributed by atoms with Crippen molar-refractivity contribution in [1.82, 2.24) is 0 Å². The van der Waals surface area contributed by atoms with Gasteiger partial charge >= 0.3 is 0 Å². The van der Waals surface area contributed by atoms with Gasteiger partial charge in [-0.05, 0) is 78.7 Å². The summed E-state index contributed by atoms with van der Waals surface area (Å²) in [5.74, 6) is 0. The number of hydrogen-bond acceptors (Lipinski definition) is 1. The Hall–Kier alpha value is -1.47. The molecular weight excluding hydrogens is 509 g/mol. The van der Waals surface area contributed by atoms with Crippen LogP contribution in [0.4, 0.5) is 0 Å². The number of fused-ring (bicyclic) bond motifs is 4. The smallest absolute Gasteiger partial charge is 0.0844 e. The van der Waals surface area contributed by atoms with Crippen molar-refractivity contribution in [2.45, 2.75) is 107 Å². The summed E-state index contributed by atoms with van der Waals surface area (Å²) >= 11 is 0. The molecule has 1 saturated heterocycles. The standard InChI is InChI=1S/C34H50OSi3/c1-32(2,3)35-19-20-38(10)33(21-26(23-36(4,5)6)28-15-11-13-17-30(28)33)25-34(38)22-27(24-37(7,8)9)29-16-12-14-18-31(29)34/h11-18,21-22H,19-20,23-25H2,1-10H3. The molecule has 4 heteroatoms. The van der Waals surface area contributed by atoms with E-state index in [9.17, 15) is 0 Å². The molecule has 0 N–H and O–H groups in total. The molecule has 2 atom stereocenters. The molecule has 2 aromatic carbocycles. The summed E-state index contributed by atoms with van der Waals surface area (Å²) in [6, 6.07) is 22.7. The summed E-state index contributed by atoms with van der Waals surface area (Å²) in [6.07, 6.45) is 6.87. The second-order valence-corrected chi connectivity index (χ2v) is 32.0. The molecule has 0 saturated carbocycles. The number of benzene rings is 2. The molecule has 5 rings (SSSR count). The normalized spacial score (nSPS) is 28.3. The van der Waals surface area contributed by atoms with E-state index in [1.54, 1.807) is 33.4 Å².